The van der Waals surface area contributed by atoms with Gasteiger partial charge in [-0.25, -0.2) is 14.6 Å². The Morgan fingerprint density at radius 1 is 1.18 bits per heavy atom. The number of halogens is 1. The largest absolute Gasteiger partial charge is 0.497 e. The zero-order valence-electron chi connectivity index (χ0n) is 18.4. The number of pyridine rings is 1. The normalized spacial score (nSPS) is 15.3. The van der Waals surface area contributed by atoms with Gasteiger partial charge in [0.25, 0.3) is 5.88 Å². The minimum absolute atomic E-state index is 0.427. The standard InChI is InChI=1S/C19H23ClN2O3.C4H4O4/c1-13-5-7-18(24-12-14-4-3-9-21-11-14)19(22-13)25-17-8-6-15(23-2)10-16(17)20;5-3(6)1-2-4(7)8/h5-8,10,14,21H,3-4,9,11-12H2,1-2H3;1-2H,(H,5,6)(H,7,8)/b;2-1+/t14-;/m0./s1. The minimum Gasteiger partial charge on any atom is -0.497 e. The Balaban J connectivity index is 0.000000414. The third-order valence-electron chi connectivity index (χ3n) is 4.55. The first-order valence-electron chi connectivity index (χ1n) is 10.2. The number of aryl methyl sites for hydroxylation is 1. The monoisotopic (exact) mass is 478 g/mol. The molecule has 1 aliphatic heterocycles. The van der Waals surface area contributed by atoms with Gasteiger partial charge in [-0.2, -0.15) is 0 Å². The Morgan fingerprint density at radius 3 is 2.45 bits per heavy atom. The summed E-state index contributed by atoms with van der Waals surface area (Å²) in [6.45, 7) is 4.63. The lowest BCUT2D eigenvalue weighted by Crippen LogP contribution is -2.33. The number of methoxy groups -OCH3 is 1. The van der Waals surface area contributed by atoms with Crippen molar-refractivity contribution in [1.82, 2.24) is 10.3 Å². The van der Waals surface area contributed by atoms with Crippen molar-refractivity contribution in [2.75, 3.05) is 26.8 Å². The van der Waals surface area contributed by atoms with Crippen LogP contribution in [-0.4, -0.2) is 53.9 Å². The first kappa shape index (κ1) is 26.0. The van der Waals surface area contributed by atoms with Crippen LogP contribution < -0.4 is 19.5 Å². The highest BCUT2D eigenvalue weighted by Crippen LogP contribution is 2.35. The number of hydrogen-bond acceptors (Lipinski definition) is 7. The Labute approximate surface area is 197 Å². The van der Waals surface area contributed by atoms with E-state index < -0.39 is 11.9 Å². The summed E-state index contributed by atoms with van der Waals surface area (Å²) in [6.07, 6.45) is 3.47. The van der Waals surface area contributed by atoms with E-state index in [1.807, 2.05) is 19.1 Å². The quantitative estimate of drug-likeness (QED) is 0.483. The van der Waals surface area contributed by atoms with Crippen LogP contribution in [0.2, 0.25) is 5.02 Å². The summed E-state index contributed by atoms with van der Waals surface area (Å²) in [7, 11) is 1.60. The molecule has 10 heteroatoms. The van der Waals surface area contributed by atoms with Crippen LogP contribution >= 0.6 is 11.6 Å². The molecule has 2 heterocycles. The van der Waals surface area contributed by atoms with E-state index in [-0.39, 0.29) is 0 Å². The maximum atomic E-state index is 9.55. The van der Waals surface area contributed by atoms with E-state index in [1.54, 1.807) is 25.3 Å². The Hall–Kier alpha value is -3.30. The maximum absolute atomic E-state index is 9.55. The summed E-state index contributed by atoms with van der Waals surface area (Å²) in [5.74, 6) is 0.242. The fourth-order valence-corrected chi connectivity index (χ4v) is 3.12. The number of rotatable bonds is 8. The molecular formula is C23H27ClN2O7. The van der Waals surface area contributed by atoms with Crippen LogP contribution in [0, 0.1) is 12.8 Å². The molecule has 2 aromatic rings. The van der Waals surface area contributed by atoms with Crippen molar-refractivity contribution in [1.29, 1.82) is 0 Å². The molecule has 9 nitrogen and oxygen atoms in total. The molecule has 0 amide bonds. The molecule has 0 radical (unpaired) electrons. The third kappa shape index (κ3) is 9.38. The van der Waals surface area contributed by atoms with Crippen molar-refractivity contribution in [2.45, 2.75) is 19.8 Å². The van der Waals surface area contributed by atoms with Crippen LogP contribution in [-0.2, 0) is 9.59 Å². The van der Waals surface area contributed by atoms with Gasteiger partial charge >= 0.3 is 11.9 Å². The zero-order chi connectivity index (χ0) is 24.2. The first-order chi connectivity index (χ1) is 15.8. The number of carbonyl (C=O) groups is 2. The number of ether oxygens (including phenoxy) is 3. The second kappa shape index (κ2) is 13.3. The van der Waals surface area contributed by atoms with Crippen LogP contribution in [0.5, 0.6) is 23.1 Å². The van der Waals surface area contributed by atoms with Gasteiger partial charge in [-0.1, -0.05) is 11.6 Å². The van der Waals surface area contributed by atoms with E-state index in [1.165, 1.54) is 12.8 Å². The SMILES string of the molecule is COc1ccc(Oc2nc(C)ccc2OC[C@H]2CCCNC2)c(Cl)c1.O=C(O)/C=C/C(=O)O. The molecule has 1 aromatic heterocycles. The van der Waals surface area contributed by atoms with Crippen molar-refractivity contribution in [3.8, 4) is 23.1 Å². The average molecular weight is 479 g/mol. The van der Waals surface area contributed by atoms with E-state index >= 15 is 0 Å². The number of aliphatic carboxylic acids is 2. The highest BCUT2D eigenvalue weighted by atomic mass is 35.5. The van der Waals surface area contributed by atoms with Gasteiger partial charge in [-0.05, 0) is 50.6 Å². The highest BCUT2D eigenvalue weighted by molar-refractivity contribution is 6.32. The molecule has 1 aromatic carbocycles. The molecule has 1 aliphatic rings. The summed E-state index contributed by atoms with van der Waals surface area (Å²) < 4.78 is 17.1. The van der Waals surface area contributed by atoms with Crippen LogP contribution in [0.15, 0.2) is 42.5 Å². The summed E-state index contributed by atoms with van der Waals surface area (Å²) in [6, 6.07) is 9.08. The number of piperidine rings is 1. The van der Waals surface area contributed by atoms with E-state index in [0.717, 1.165) is 18.8 Å². The summed E-state index contributed by atoms with van der Waals surface area (Å²) >= 11 is 6.27. The predicted octanol–water partition coefficient (Wildman–Crippen LogP) is 3.93. The van der Waals surface area contributed by atoms with Gasteiger partial charge in [0.15, 0.2) is 5.75 Å². The third-order valence-corrected chi connectivity index (χ3v) is 4.85. The topological polar surface area (TPSA) is 127 Å². The number of aromatic nitrogens is 1. The number of benzene rings is 1. The van der Waals surface area contributed by atoms with Crippen LogP contribution in [0.1, 0.15) is 18.5 Å². The molecule has 1 saturated heterocycles. The molecule has 1 atom stereocenters. The molecule has 0 aliphatic carbocycles. The molecule has 0 saturated carbocycles. The number of nitrogens with zero attached hydrogens (tertiary/aromatic N) is 1. The van der Waals surface area contributed by atoms with Crippen molar-refractivity contribution >= 4 is 23.5 Å². The van der Waals surface area contributed by atoms with E-state index in [4.69, 9.17) is 36.0 Å². The van der Waals surface area contributed by atoms with Crippen molar-refractivity contribution in [3.63, 3.8) is 0 Å². The molecule has 33 heavy (non-hydrogen) atoms. The van der Waals surface area contributed by atoms with Crippen molar-refractivity contribution < 1.29 is 34.0 Å². The molecule has 0 unspecified atom stereocenters. The molecule has 0 bridgehead atoms. The summed E-state index contributed by atoms with van der Waals surface area (Å²) in [5.41, 5.74) is 0.853. The summed E-state index contributed by atoms with van der Waals surface area (Å²) in [5, 5.41) is 19.5. The fraction of sp³-hybridized carbons (Fsp3) is 0.348. The zero-order valence-corrected chi connectivity index (χ0v) is 19.2. The highest BCUT2D eigenvalue weighted by Gasteiger charge is 2.16. The molecular weight excluding hydrogens is 452 g/mol. The van der Waals surface area contributed by atoms with Gasteiger partial charge in [0.05, 0.1) is 18.7 Å². The van der Waals surface area contributed by atoms with Crippen LogP contribution in [0.3, 0.4) is 0 Å². The van der Waals surface area contributed by atoms with Gasteiger partial charge in [0, 0.05) is 36.4 Å². The lowest BCUT2D eigenvalue weighted by atomic mass is 10.0. The lowest BCUT2D eigenvalue weighted by Gasteiger charge is -2.23. The molecule has 3 rings (SSSR count). The first-order valence-corrected chi connectivity index (χ1v) is 10.6. The number of hydrogen-bond donors (Lipinski definition) is 3. The second-order valence-corrected chi connectivity index (χ2v) is 7.59. The Morgan fingerprint density at radius 2 is 1.88 bits per heavy atom. The van der Waals surface area contributed by atoms with Gasteiger partial charge < -0.3 is 29.7 Å². The molecule has 0 spiro atoms. The van der Waals surface area contributed by atoms with Gasteiger partial charge in [0.1, 0.15) is 11.5 Å². The Bertz CT molecular complexity index is 959. The number of nitrogens with one attached hydrogen (secondary N) is 1. The van der Waals surface area contributed by atoms with E-state index in [9.17, 15) is 9.59 Å². The van der Waals surface area contributed by atoms with E-state index in [0.29, 0.717) is 52.8 Å². The molecule has 1 fully saturated rings. The van der Waals surface area contributed by atoms with E-state index in [2.05, 4.69) is 10.3 Å². The fourth-order valence-electron chi connectivity index (χ4n) is 2.91. The second-order valence-electron chi connectivity index (χ2n) is 7.19. The molecule has 178 valence electrons. The van der Waals surface area contributed by atoms with Crippen LogP contribution in [0.25, 0.3) is 0 Å². The lowest BCUT2D eigenvalue weighted by molar-refractivity contribution is -0.134. The summed E-state index contributed by atoms with van der Waals surface area (Å²) in [4.78, 5) is 23.6. The predicted molar refractivity (Wildman–Crippen MR) is 123 cm³/mol. The Kier molecular flexibility index (Phi) is 10.5. The smallest absolute Gasteiger partial charge is 0.328 e. The minimum atomic E-state index is -1.26. The average Bonchev–Trinajstić information content (AvgIpc) is 2.79. The molecule has 3 N–H and O–H groups in total. The number of carboxylic acids is 2. The van der Waals surface area contributed by atoms with Crippen LogP contribution in [0.4, 0.5) is 0 Å². The maximum Gasteiger partial charge on any atom is 0.328 e. The van der Waals surface area contributed by atoms with Crippen molar-refractivity contribution in [2.24, 2.45) is 5.92 Å². The van der Waals surface area contributed by atoms with Crippen molar-refractivity contribution in [3.05, 3.63) is 53.2 Å². The van der Waals surface area contributed by atoms with Gasteiger partial charge in [-0.15, -0.1) is 0 Å². The van der Waals surface area contributed by atoms with Gasteiger partial charge in [-0.3, -0.25) is 0 Å². The number of carboxylic acid groups (broad SMARTS) is 2. The van der Waals surface area contributed by atoms with Gasteiger partial charge in [0.2, 0.25) is 0 Å².